The number of methoxy groups -OCH3 is 1. The Morgan fingerprint density at radius 2 is 1.93 bits per heavy atom. The molecule has 2 heterocycles. The highest BCUT2D eigenvalue weighted by Gasteiger charge is 2.24. The van der Waals surface area contributed by atoms with Crippen molar-refractivity contribution in [1.82, 2.24) is 14.8 Å². The van der Waals surface area contributed by atoms with Gasteiger partial charge in [0.1, 0.15) is 12.4 Å². The number of fused-ring (bicyclic) bond motifs is 1. The highest BCUT2D eigenvalue weighted by molar-refractivity contribution is 6.30. The van der Waals surface area contributed by atoms with Gasteiger partial charge in [0.25, 0.3) is 0 Å². The first-order valence-corrected chi connectivity index (χ1v) is 8.70. The molecule has 3 aromatic rings. The maximum absolute atomic E-state index is 12.6. The maximum atomic E-state index is 12.6. The van der Waals surface area contributed by atoms with Crippen molar-refractivity contribution in [2.75, 3.05) is 12.4 Å². The van der Waals surface area contributed by atoms with Gasteiger partial charge in [-0.05, 0) is 41.5 Å². The topological polar surface area (TPSA) is 61.2 Å². The minimum absolute atomic E-state index is 0.0316. The number of nitrogens with zero attached hydrogens (tertiary/aromatic N) is 3. The van der Waals surface area contributed by atoms with Gasteiger partial charge in [-0.15, -0.1) is 0 Å². The number of halogens is 3. The van der Waals surface area contributed by atoms with Crippen molar-refractivity contribution in [1.29, 1.82) is 0 Å². The second-order valence-corrected chi connectivity index (χ2v) is 6.41. The van der Waals surface area contributed by atoms with Crippen LogP contribution in [-0.2, 0) is 0 Å². The van der Waals surface area contributed by atoms with Gasteiger partial charge in [0.05, 0.1) is 7.11 Å². The molecule has 4 rings (SSSR count). The minimum Gasteiger partial charge on any atom is -0.493 e. The monoisotopic (exact) mass is 404 g/mol. The van der Waals surface area contributed by atoms with Crippen LogP contribution in [0.2, 0.25) is 5.02 Å². The van der Waals surface area contributed by atoms with Crippen molar-refractivity contribution in [2.24, 2.45) is 0 Å². The number of hydrogen-bond acceptors (Lipinski definition) is 5. The van der Waals surface area contributed by atoms with Gasteiger partial charge >= 0.3 is 6.61 Å². The van der Waals surface area contributed by atoms with Crippen LogP contribution in [0.15, 0.2) is 54.9 Å². The third-order valence-corrected chi connectivity index (χ3v) is 4.56. The van der Waals surface area contributed by atoms with E-state index in [1.54, 1.807) is 28.9 Å². The average Bonchev–Trinajstić information content (AvgIpc) is 3.16. The molecule has 0 saturated carbocycles. The van der Waals surface area contributed by atoms with E-state index in [1.165, 1.54) is 19.5 Å². The Hall–Kier alpha value is -3.13. The van der Waals surface area contributed by atoms with Crippen molar-refractivity contribution < 1.29 is 18.3 Å². The number of rotatable bonds is 5. The molecule has 2 aromatic carbocycles. The standard InChI is InChI=1S/C19H15ClF2N4O2/c1-27-17-8-12(4-7-16(17)28-18(21)22)15-9-14(11-2-5-13(20)6-3-11)25-19-23-10-24-26(15)19/h2-10,15,18H,1H3,(H,23,24,25)/t15-/m0/s1. The van der Waals surface area contributed by atoms with E-state index in [9.17, 15) is 8.78 Å². The Labute approximate surface area is 164 Å². The van der Waals surface area contributed by atoms with Gasteiger partial charge in [-0.1, -0.05) is 29.8 Å². The summed E-state index contributed by atoms with van der Waals surface area (Å²) in [5.74, 6) is 0.736. The molecule has 0 amide bonds. The quantitative estimate of drug-likeness (QED) is 0.673. The normalized spacial score (nSPS) is 15.6. The molecule has 0 aliphatic carbocycles. The molecule has 9 heteroatoms. The maximum Gasteiger partial charge on any atom is 0.387 e. The van der Waals surface area contributed by atoms with E-state index in [0.29, 0.717) is 11.0 Å². The van der Waals surface area contributed by atoms with Gasteiger partial charge < -0.3 is 14.8 Å². The molecule has 0 spiro atoms. The molecule has 1 N–H and O–H groups in total. The molecule has 1 aromatic heterocycles. The van der Waals surface area contributed by atoms with Crippen LogP contribution in [0.5, 0.6) is 11.5 Å². The molecule has 144 valence electrons. The summed E-state index contributed by atoms with van der Waals surface area (Å²) in [5.41, 5.74) is 2.53. The number of allylic oxidation sites excluding steroid dienone is 1. The first-order valence-electron chi connectivity index (χ1n) is 8.32. The predicted molar refractivity (Wildman–Crippen MR) is 101 cm³/mol. The molecule has 0 fully saturated rings. The highest BCUT2D eigenvalue weighted by Crippen LogP contribution is 2.36. The van der Waals surface area contributed by atoms with E-state index in [4.69, 9.17) is 16.3 Å². The molecule has 0 bridgehead atoms. The van der Waals surface area contributed by atoms with Gasteiger partial charge in [0.2, 0.25) is 5.95 Å². The fourth-order valence-corrected chi connectivity index (χ4v) is 3.16. The van der Waals surface area contributed by atoms with Crippen LogP contribution in [0.1, 0.15) is 17.2 Å². The third-order valence-electron chi connectivity index (χ3n) is 4.31. The smallest absolute Gasteiger partial charge is 0.387 e. The predicted octanol–water partition coefficient (Wildman–Crippen LogP) is 4.60. The van der Waals surface area contributed by atoms with Crippen LogP contribution in [0.25, 0.3) is 5.70 Å². The van der Waals surface area contributed by atoms with E-state index in [0.717, 1.165) is 16.8 Å². The van der Waals surface area contributed by atoms with Crippen LogP contribution in [0.4, 0.5) is 14.7 Å². The third kappa shape index (κ3) is 3.50. The highest BCUT2D eigenvalue weighted by atomic mass is 35.5. The summed E-state index contributed by atoms with van der Waals surface area (Å²) in [6, 6.07) is 11.9. The van der Waals surface area contributed by atoms with E-state index < -0.39 is 6.61 Å². The zero-order chi connectivity index (χ0) is 19.7. The average molecular weight is 405 g/mol. The molecule has 28 heavy (non-hydrogen) atoms. The lowest BCUT2D eigenvalue weighted by molar-refractivity contribution is -0.0512. The van der Waals surface area contributed by atoms with E-state index in [-0.39, 0.29) is 17.5 Å². The largest absolute Gasteiger partial charge is 0.493 e. The fourth-order valence-electron chi connectivity index (χ4n) is 3.03. The Balaban J connectivity index is 1.76. The number of aromatic nitrogens is 3. The molecule has 0 unspecified atom stereocenters. The Morgan fingerprint density at radius 1 is 1.14 bits per heavy atom. The van der Waals surface area contributed by atoms with Crippen LogP contribution in [0, 0.1) is 0 Å². The number of alkyl halides is 2. The van der Waals surface area contributed by atoms with Gasteiger partial charge in [0.15, 0.2) is 11.5 Å². The van der Waals surface area contributed by atoms with Crippen molar-refractivity contribution in [3.8, 4) is 11.5 Å². The summed E-state index contributed by atoms with van der Waals surface area (Å²) < 4.78 is 36.6. The Morgan fingerprint density at radius 3 is 2.64 bits per heavy atom. The summed E-state index contributed by atoms with van der Waals surface area (Å²) in [4.78, 5) is 4.24. The summed E-state index contributed by atoms with van der Waals surface area (Å²) in [6.07, 6.45) is 3.41. The lowest BCUT2D eigenvalue weighted by Crippen LogP contribution is -2.20. The fraction of sp³-hybridized carbons (Fsp3) is 0.158. The molecule has 0 radical (unpaired) electrons. The van der Waals surface area contributed by atoms with Gasteiger partial charge in [0, 0.05) is 10.7 Å². The Kier molecular flexibility index (Phi) is 4.87. The van der Waals surface area contributed by atoms with Gasteiger partial charge in [-0.25, -0.2) is 4.68 Å². The molecule has 6 nitrogen and oxygen atoms in total. The van der Waals surface area contributed by atoms with Gasteiger partial charge in [-0.3, -0.25) is 0 Å². The molecule has 0 saturated heterocycles. The zero-order valence-electron chi connectivity index (χ0n) is 14.6. The number of anilines is 1. The second kappa shape index (κ2) is 7.47. The summed E-state index contributed by atoms with van der Waals surface area (Å²) in [5, 5.41) is 8.14. The van der Waals surface area contributed by atoms with Crippen LogP contribution in [-0.4, -0.2) is 28.5 Å². The summed E-state index contributed by atoms with van der Waals surface area (Å²) >= 11 is 5.98. The van der Waals surface area contributed by atoms with Gasteiger partial charge in [-0.2, -0.15) is 18.9 Å². The first kappa shape index (κ1) is 18.2. The SMILES string of the molecule is COc1cc([C@@H]2C=C(c3ccc(Cl)cc3)Nc3ncnn32)ccc1OC(F)F. The van der Waals surface area contributed by atoms with Crippen LogP contribution in [0.3, 0.4) is 0 Å². The molecular weight excluding hydrogens is 390 g/mol. The molecular formula is C19H15ClF2N4O2. The van der Waals surface area contributed by atoms with Crippen LogP contribution < -0.4 is 14.8 Å². The Bertz CT molecular complexity index is 1020. The van der Waals surface area contributed by atoms with Crippen molar-refractivity contribution in [3.05, 3.63) is 71.0 Å². The number of nitrogens with one attached hydrogen (secondary N) is 1. The number of ether oxygens (including phenoxy) is 2. The lowest BCUT2D eigenvalue weighted by Gasteiger charge is -2.25. The molecule has 1 aliphatic heterocycles. The van der Waals surface area contributed by atoms with Crippen molar-refractivity contribution in [2.45, 2.75) is 12.7 Å². The van der Waals surface area contributed by atoms with Crippen molar-refractivity contribution in [3.63, 3.8) is 0 Å². The number of benzene rings is 2. The van der Waals surface area contributed by atoms with Crippen LogP contribution >= 0.6 is 11.6 Å². The van der Waals surface area contributed by atoms with Crippen molar-refractivity contribution >= 4 is 23.2 Å². The summed E-state index contributed by atoms with van der Waals surface area (Å²) in [6.45, 7) is -2.93. The second-order valence-electron chi connectivity index (χ2n) is 5.97. The lowest BCUT2D eigenvalue weighted by atomic mass is 10.0. The zero-order valence-corrected chi connectivity index (χ0v) is 15.4. The first-order chi connectivity index (χ1) is 13.5. The molecule has 1 aliphatic rings. The minimum atomic E-state index is -2.93. The van der Waals surface area contributed by atoms with E-state index >= 15 is 0 Å². The molecule has 1 atom stereocenters. The van der Waals surface area contributed by atoms with E-state index in [1.807, 2.05) is 18.2 Å². The number of hydrogen-bond donors (Lipinski definition) is 1. The summed E-state index contributed by atoms with van der Waals surface area (Å²) in [7, 11) is 1.40. The van der Waals surface area contributed by atoms with E-state index in [2.05, 4.69) is 20.1 Å².